The van der Waals surface area contributed by atoms with Crippen molar-refractivity contribution in [2.75, 3.05) is 5.73 Å². The monoisotopic (exact) mass is 293 g/mol. The van der Waals surface area contributed by atoms with E-state index in [9.17, 15) is 4.39 Å². The summed E-state index contributed by atoms with van der Waals surface area (Å²) in [5, 5.41) is 0.486. The van der Waals surface area contributed by atoms with Crippen molar-refractivity contribution in [2.45, 2.75) is 25.3 Å². The summed E-state index contributed by atoms with van der Waals surface area (Å²) in [6.07, 6.45) is 1.48. The molecule has 1 aromatic carbocycles. The van der Waals surface area contributed by atoms with Crippen LogP contribution in [0.5, 0.6) is 0 Å². The Labute approximate surface area is 122 Å². The number of nitrogens with two attached hydrogens (primary N) is 2. The Morgan fingerprint density at radius 2 is 1.85 bits per heavy atom. The first-order chi connectivity index (χ1) is 9.32. The molecule has 2 aromatic rings. The zero-order valence-electron chi connectivity index (χ0n) is 11.4. The van der Waals surface area contributed by atoms with E-state index >= 15 is 0 Å². The van der Waals surface area contributed by atoms with Crippen LogP contribution in [0, 0.1) is 5.82 Å². The van der Waals surface area contributed by atoms with Gasteiger partial charge in [0.05, 0.1) is 5.02 Å². The van der Waals surface area contributed by atoms with E-state index in [0.717, 1.165) is 5.56 Å². The summed E-state index contributed by atoms with van der Waals surface area (Å²) in [6.45, 7) is 3.95. The first-order valence-electron chi connectivity index (χ1n) is 6.25. The van der Waals surface area contributed by atoms with E-state index in [1.807, 2.05) is 13.8 Å². The van der Waals surface area contributed by atoms with Crippen LogP contribution < -0.4 is 11.5 Å². The number of benzene rings is 1. The van der Waals surface area contributed by atoms with Gasteiger partial charge in [0.25, 0.3) is 0 Å². The summed E-state index contributed by atoms with van der Waals surface area (Å²) < 4.78 is 13.0. The van der Waals surface area contributed by atoms with Crippen LogP contribution in [0.2, 0.25) is 5.02 Å². The number of hydrogen-bond acceptors (Lipinski definition) is 3. The molecule has 0 radical (unpaired) electrons. The maximum absolute atomic E-state index is 13.0. The molecule has 0 saturated carbocycles. The number of anilines is 1. The normalized spacial score (nSPS) is 13.2. The highest BCUT2D eigenvalue weighted by atomic mass is 35.5. The summed E-state index contributed by atoms with van der Waals surface area (Å²) in [4.78, 5) is 4.03. The van der Waals surface area contributed by atoms with Gasteiger partial charge in [-0.15, -0.1) is 0 Å². The van der Waals surface area contributed by atoms with Gasteiger partial charge in [-0.05, 0) is 23.8 Å². The van der Waals surface area contributed by atoms with Crippen molar-refractivity contribution in [1.29, 1.82) is 0 Å². The van der Waals surface area contributed by atoms with Crippen LogP contribution in [0.15, 0.2) is 36.5 Å². The quantitative estimate of drug-likeness (QED) is 0.911. The van der Waals surface area contributed by atoms with Crippen molar-refractivity contribution >= 4 is 17.4 Å². The molecule has 0 aliphatic heterocycles. The minimum absolute atomic E-state index is 0.276. The van der Waals surface area contributed by atoms with Crippen LogP contribution in [-0.2, 0) is 5.41 Å². The maximum atomic E-state index is 13.0. The first kappa shape index (κ1) is 14.8. The van der Waals surface area contributed by atoms with Crippen LogP contribution in [0.25, 0.3) is 0 Å². The minimum atomic E-state index is -0.436. The highest BCUT2D eigenvalue weighted by Gasteiger charge is 2.31. The number of pyridine rings is 1. The fourth-order valence-electron chi connectivity index (χ4n) is 2.16. The predicted molar refractivity (Wildman–Crippen MR) is 80.0 cm³/mol. The molecule has 0 aliphatic carbocycles. The average Bonchev–Trinajstić information content (AvgIpc) is 2.41. The molecule has 4 N–H and O–H groups in total. The molecule has 0 bridgehead atoms. The topological polar surface area (TPSA) is 64.9 Å². The van der Waals surface area contributed by atoms with E-state index in [2.05, 4.69) is 4.98 Å². The molecule has 1 heterocycles. The van der Waals surface area contributed by atoms with Crippen molar-refractivity contribution in [3.05, 3.63) is 58.5 Å². The lowest BCUT2D eigenvalue weighted by Crippen LogP contribution is -2.34. The Bertz CT molecular complexity index is 611. The molecule has 0 fully saturated rings. The highest BCUT2D eigenvalue weighted by molar-refractivity contribution is 6.30. The van der Waals surface area contributed by atoms with Crippen LogP contribution in [-0.4, -0.2) is 4.98 Å². The number of nitrogens with zero attached hydrogens (tertiary/aromatic N) is 1. The van der Waals surface area contributed by atoms with Gasteiger partial charge in [-0.1, -0.05) is 37.6 Å². The smallest absolute Gasteiger partial charge is 0.128 e. The molecule has 0 saturated heterocycles. The van der Waals surface area contributed by atoms with Gasteiger partial charge in [0.2, 0.25) is 0 Å². The van der Waals surface area contributed by atoms with Crippen molar-refractivity contribution in [1.82, 2.24) is 4.98 Å². The van der Waals surface area contributed by atoms with Gasteiger partial charge in [0.15, 0.2) is 0 Å². The third kappa shape index (κ3) is 2.76. The van der Waals surface area contributed by atoms with E-state index in [1.165, 1.54) is 18.3 Å². The first-order valence-corrected chi connectivity index (χ1v) is 6.62. The van der Waals surface area contributed by atoms with Gasteiger partial charge >= 0.3 is 0 Å². The number of nitrogen functional groups attached to an aromatic ring is 1. The SMILES string of the molecule is CC(C)(c1ccc(F)cc1)C(N)c1cc(Cl)cnc1N. The molecular weight excluding hydrogens is 277 g/mol. The number of aromatic nitrogens is 1. The molecule has 2 rings (SSSR count). The molecule has 0 aliphatic rings. The molecule has 1 aromatic heterocycles. The third-order valence-electron chi connectivity index (χ3n) is 3.62. The average molecular weight is 294 g/mol. The van der Waals surface area contributed by atoms with E-state index in [1.54, 1.807) is 18.2 Å². The summed E-state index contributed by atoms with van der Waals surface area (Å²) in [5.74, 6) is 0.0825. The Morgan fingerprint density at radius 1 is 1.25 bits per heavy atom. The second-order valence-corrected chi connectivity index (χ2v) is 5.77. The highest BCUT2D eigenvalue weighted by Crippen LogP contribution is 2.37. The Hall–Kier alpha value is -1.65. The lowest BCUT2D eigenvalue weighted by molar-refractivity contribution is 0.420. The van der Waals surface area contributed by atoms with Gasteiger partial charge in [0.1, 0.15) is 11.6 Å². The molecule has 0 spiro atoms. The van der Waals surface area contributed by atoms with Gasteiger partial charge in [-0.25, -0.2) is 9.37 Å². The fraction of sp³-hybridized carbons (Fsp3) is 0.267. The summed E-state index contributed by atoms with van der Waals surface area (Å²) in [5.41, 5.74) is 13.4. The van der Waals surface area contributed by atoms with E-state index in [4.69, 9.17) is 23.1 Å². The van der Waals surface area contributed by atoms with Gasteiger partial charge in [-0.3, -0.25) is 0 Å². The molecule has 106 valence electrons. The van der Waals surface area contributed by atoms with Crippen molar-refractivity contribution < 1.29 is 4.39 Å². The molecule has 1 unspecified atom stereocenters. The Balaban J connectivity index is 2.42. The summed E-state index contributed by atoms with van der Waals surface area (Å²) >= 11 is 5.95. The molecule has 1 atom stereocenters. The molecule has 0 amide bonds. The second-order valence-electron chi connectivity index (χ2n) is 5.33. The van der Waals surface area contributed by atoms with Crippen molar-refractivity contribution in [2.24, 2.45) is 5.73 Å². The Kier molecular flexibility index (Phi) is 3.97. The zero-order valence-corrected chi connectivity index (χ0v) is 12.2. The number of hydrogen-bond donors (Lipinski definition) is 2. The van der Waals surface area contributed by atoms with Crippen LogP contribution in [0.4, 0.5) is 10.2 Å². The lowest BCUT2D eigenvalue weighted by Gasteiger charge is -2.33. The maximum Gasteiger partial charge on any atom is 0.128 e. The summed E-state index contributed by atoms with van der Waals surface area (Å²) in [6, 6.07) is 7.61. The Morgan fingerprint density at radius 3 is 2.45 bits per heavy atom. The molecule has 5 heteroatoms. The molecule has 3 nitrogen and oxygen atoms in total. The fourth-order valence-corrected chi connectivity index (χ4v) is 2.33. The predicted octanol–water partition coefficient (Wildman–Crippen LogP) is 3.43. The van der Waals surface area contributed by atoms with Crippen molar-refractivity contribution in [3.63, 3.8) is 0 Å². The standard InChI is InChI=1S/C15H17ClFN3/c1-15(2,9-3-5-11(17)6-4-9)13(18)12-7-10(16)8-20-14(12)19/h3-8,13H,18H2,1-2H3,(H2,19,20). The van der Waals surface area contributed by atoms with Crippen molar-refractivity contribution in [3.8, 4) is 0 Å². The lowest BCUT2D eigenvalue weighted by atomic mass is 9.75. The number of halogens is 2. The van der Waals surface area contributed by atoms with E-state index < -0.39 is 11.5 Å². The molecular formula is C15H17ClFN3. The van der Waals surface area contributed by atoms with Gasteiger partial charge in [0, 0.05) is 23.2 Å². The van der Waals surface area contributed by atoms with Crippen LogP contribution in [0.1, 0.15) is 31.0 Å². The second kappa shape index (κ2) is 5.38. The van der Waals surface area contributed by atoms with E-state index in [-0.39, 0.29) is 5.82 Å². The van der Waals surface area contributed by atoms with Gasteiger partial charge in [-0.2, -0.15) is 0 Å². The zero-order chi connectivity index (χ0) is 14.9. The summed E-state index contributed by atoms with van der Waals surface area (Å²) in [7, 11) is 0. The largest absolute Gasteiger partial charge is 0.383 e. The van der Waals surface area contributed by atoms with Gasteiger partial charge < -0.3 is 11.5 Å². The number of rotatable bonds is 3. The third-order valence-corrected chi connectivity index (χ3v) is 3.82. The van der Waals surface area contributed by atoms with Crippen LogP contribution >= 0.6 is 11.6 Å². The van der Waals surface area contributed by atoms with Crippen LogP contribution in [0.3, 0.4) is 0 Å². The minimum Gasteiger partial charge on any atom is -0.383 e. The van der Waals surface area contributed by atoms with E-state index in [0.29, 0.717) is 16.4 Å². The molecule has 20 heavy (non-hydrogen) atoms.